The lowest BCUT2D eigenvalue weighted by molar-refractivity contribution is 0.235. The summed E-state index contributed by atoms with van der Waals surface area (Å²) >= 11 is 0. The largest absolute Gasteiger partial charge is 0.497 e. The SMILES string of the molecule is CC=COCc1ccccc1.COP(=O)(O)O. The number of allylic oxidation sites excluding steroid dienone is 1. The van der Waals surface area contributed by atoms with Crippen molar-refractivity contribution in [2.45, 2.75) is 13.5 Å². The maximum absolute atomic E-state index is 9.47. The monoisotopic (exact) mass is 260 g/mol. The third-order valence-corrected chi connectivity index (χ3v) is 2.04. The standard InChI is InChI=1S/C10H12O.CH5O4P/c1-2-8-11-9-10-6-4-3-5-7-10;1-5-6(2,3)4/h2-8H,9H2,1H3;1H3,(H2,2,3,4). The van der Waals surface area contributed by atoms with Gasteiger partial charge in [0.1, 0.15) is 6.61 Å². The normalized spacial score (nSPS) is 10.8. The highest BCUT2D eigenvalue weighted by Crippen LogP contribution is 2.33. The van der Waals surface area contributed by atoms with Gasteiger partial charge in [-0.25, -0.2) is 4.57 Å². The molecule has 1 rings (SSSR count). The van der Waals surface area contributed by atoms with E-state index in [-0.39, 0.29) is 0 Å². The van der Waals surface area contributed by atoms with Crippen molar-refractivity contribution in [1.29, 1.82) is 0 Å². The van der Waals surface area contributed by atoms with E-state index < -0.39 is 7.82 Å². The topological polar surface area (TPSA) is 76.0 Å². The molecule has 17 heavy (non-hydrogen) atoms. The number of phosphoric ester groups is 1. The molecular weight excluding hydrogens is 243 g/mol. The zero-order valence-corrected chi connectivity index (χ0v) is 10.7. The summed E-state index contributed by atoms with van der Waals surface area (Å²) in [4.78, 5) is 15.4. The van der Waals surface area contributed by atoms with Crippen LogP contribution in [0, 0.1) is 0 Å². The minimum atomic E-state index is -4.15. The van der Waals surface area contributed by atoms with Crippen molar-refractivity contribution in [3.05, 3.63) is 48.2 Å². The summed E-state index contributed by atoms with van der Waals surface area (Å²) in [6.45, 7) is 2.59. The van der Waals surface area contributed by atoms with Gasteiger partial charge in [-0.05, 0) is 12.5 Å². The van der Waals surface area contributed by atoms with Gasteiger partial charge in [-0.3, -0.25) is 4.52 Å². The van der Waals surface area contributed by atoms with Crippen LogP contribution in [-0.4, -0.2) is 16.9 Å². The maximum Gasteiger partial charge on any atom is 0.469 e. The molecule has 2 N–H and O–H groups in total. The van der Waals surface area contributed by atoms with Crippen molar-refractivity contribution >= 4 is 7.82 Å². The molecule has 96 valence electrons. The second-order valence-corrected chi connectivity index (χ2v) is 4.29. The molecule has 0 radical (unpaired) electrons. The van der Waals surface area contributed by atoms with E-state index >= 15 is 0 Å². The van der Waals surface area contributed by atoms with Crippen LogP contribution in [-0.2, 0) is 20.4 Å². The van der Waals surface area contributed by atoms with E-state index in [1.165, 1.54) is 5.56 Å². The summed E-state index contributed by atoms with van der Waals surface area (Å²) in [7, 11) is -3.20. The summed E-state index contributed by atoms with van der Waals surface area (Å²) in [6.07, 6.45) is 3.58. The van der Waals surface area contributed by atoms with Crippen LogP contribution in [0.1, 0.15) is 12.5 Å². The first-order valence-corrected chi connectivity index (χ1v) is 6.40. The molecule has 0 bridgehead atoms. The molecule has 0 aliphatic carbocycles. The quantitative estimate of drug-likeness (QED) is 0.642. The molecule has 0 atom stereocenters. The van der Waals surface area contributed by atoms with Gasteiger partial charge in [0.2, 0.25) is 0 Å². The van der Waals surface area contributed by atoms with Gasteiger partial charge in [0.05, 0.1) is 6.26 Å². The Morgan fingerprint density at radius 1 is 1.29 bits per heavy atom. The maximum atomic E-state index is 9.47. The van der Waals surface area contributed by atoms with Crippen LogP contribution in [0.15, 0.2) is 42.7 Å². The predicted molar refractivity (Wildman–Crippen MR) is 65.1 cm³/mol. The Balaban J connectivity index is 0.000000366. The average Bonchev–Trinajstić information content (AvgIpc) is 2.31. The molecule has 0 spiro atoms. The minimum Gasteiger partial charge on any atom is -0.497 e. The lowest BCUT2D eigenvalue weighted by Crippen LogP contribution is -1.84. The van der Waals surface area contributed by atoms with Crippen molar-refractivity contribution in [3.8, 4) is 0 Å². The fourth-order valence-corrected chi connectivity index (χ4v) is 0.815. The Hall–Kier alpha value is -1.13. The third kappa shape index (κ3) is 11.1. The van der Waals surface area contributed by atoms with Crippen molar-refractivity contribution in [2.75, 3.05) is 7.11 Å². The number of benzene rings is 1. The molecule has 0 unspecified atom stereocenters. The van der Waals surface area contributed by atoms with Crippen LogP contribution in [0.3, 0.4) is 0 Å². The molecule has 1 aromatic rings. The van der Waals surface area contributed by atoms with Crippen molar-refractivity contribution in [3.63, 3.8) is 0 Å². The van der Waals surface area contributed by atoms with Crippen LogP contribution in [0.2, 0.25) is 0 Å². The molecule has 5 nitrogen and oxygen atoms in total. The van der Waals surface area contributed by atoms with E-state index in [2.05, 4.69) is 4.52 Å². The van der Waals surface area contributed by atoms with Crippen molar-refractivity contribution < 1.29 is 23.6 Å². The Bertz CT molecular complexity index is 357. The first-order chi connectivity index (χ1) is 7.99. The van der Waals surface area contributed by atoms with Crippen LogP contribution >= 0.6 is 7.82 Å². The lowest BCUT2D eigenvalue weighted by Gasteiger charge is -1.98. The molecule has 0 aliphatic heterocycles. The molecule has 0 saturated heterocycles. The minimum absolute atomic E-state index is 0.658. The summed E-state index contributed by atoms with van der Waals surface area (Å²) in [5, 5.41) is 0. The number of rotatable bonds is 4. The van der Waals surface area contributed by atoms with Crippen LogP contribution in [0.4, 0.5) is 0 Å². The van der Waals surface area contributed by atoms with Gasteiger partial charge < -0.3 is 14.5 Å². The van der Waals surface area contributed by atoms with Gasteiger partial charge in [-0.2, -0.15) is 0 Å². The highest BCUT2D eigenvalue weighted by molar-refractivity contribution is 7.46. The average molecular weight is 260 g/mol. The Kier molecular flexibility index (Phi) is 8.36. The predicted octanol–water partition coefficient (Wildman–Crippen LogP) is 2.46. The molecule has 0 fully saturated rings. The molecular formula is C11H17O5P. The van der Waals surface area contributed by atoms with Crippen LogP contribution in [0.5, 0.6) is 0 Å². The summed E-state index contributed by atoms with van der Waals surface area (Å²) in [6, 6.07) is 10.1. The highest BCUT2D eigenvalue weighted by Gasteiger charge is 2.07. The summed E-state index contributed by atoms with van der Waals surface area (Å²) in [5.74, 6) is 0. The van der Waals surface area contributed by atoms with Crippen molar-refractivity contribution in [1.82, 2.24) is 0 Å². The molecule has 6 heteroatoms. The molecule has 0 heterocycles. The van der Waals surface area contributed by atoms with E-state index in [1.807, 2.05) is 43.3 Å². The second kappa shape index (κ2) is 8.96. The third-order valence-electron chi connectivity index (χ3n) is 1.56. The number of hydrogen-bond acceptors (Lipinski definition) is 3. The summed E-state index contributed by atoms with van der Waals surface area (Å²) < 4.78 is 18.3. The van der Waals surface area contributed by atoms with E-state index in [0.717, 1.165) is 7.11 Å². The van der Waals surface area contributed by atoms with Gasteiger partial charge in [0.15, 0.2) is 0 Å². The molecule has 0 saturated carbocycles. The van der Waals surface area contributed by atoms with Gasteiger partial charge in [0.25, 0.3) is 0 Å². The zero-order chi connectivity index (χ0) is 13.1. The molecule has 0 amide bonds. The number of hydrogen-bond donors (Lipinski definition) is 2. The lowest BCUT2D eigenvalue weighted by atomic mass is 10.2. The Morgan fingerprint density at radius 3 is 2.24 bits per heavy atom. The smallest absolute Gasteiger partial charge is 0.469 e. The first-order valence-electron chi connectivity index (χ1n) is 4.87. The Morgan fingerprint density at radius 2 is 1.82 bits per heavy atom. The van der Waals surface area contributed by atoms with Gasteiger partial charge in [-0.1, -0.05) is 36.4 Å². The van der Waals surface area contributed by atoms with Gasteiger partial charge >= 0.3 is 7.82 Å². The zero-order valence-electron chi connectivity index (χ0n) is 9.81. The summed E-state index contributed by atoms with van der Waals surface area (Å²) in [5.41, 5.74) is 1.20. The van der Waals surface area contributed by atoms with Crippen LogP contribution < -0.4 is 0 Å². The number of ether oxygens (including phenoxy) is 1. The first kappa shape index (κ1) is 15.9. The fourth-order valence-electron chi connectivity index (χ4n) is 0.815. The molecule has 0 aliphatic rings. The van der Waals surface area contributed by atoms with Crippen molar-refractivity contribution in [2.24, 2.45) is 0 Å². The molecule has 1 aromatic carbocycles. The van der Waals surface area contributed by atoms with Gasteiger partial charge in [-0.15, -0.1) is 0 Å². The van der Waals surface area contributed by atoms with Crippen LogP contribution in [0.25, 0.3) is 0 Å². The van der Waals surface area contributed by atoms with Gasteiger partial charge in [0, 0.05) is 7.11 Å². The van der Waals surface area contributed by atoms with E-state index in [9.17, 15) is 4.57 Å². The Labute approximate surface area is 101 Å². The van der Waals surface area contributed by atoms with E-state index in [4.69, 9.17) is 14.5 Å². The number of phosphoric acid groups is 1. The highest BCUT2D eigenvalue weighted by atomic mass is 31.2. The van der Waals surface area contributed by atoms with E-state index in [0.29, 0.717) is 6.61 Å². The fraction of sp³-hybridized carbons (Fsp3) is 0.273. The molecule has 0 aromatic heterocycles. The second-order valence-electron chi connectivity index (χ2n) is 2.94. The van der Waals surface area contributed by atoms with E-state index in [1.54, 1.807) is 6.26 Å².